The van der Waals surface area contributed by atoms with E-state index in [2.05, 4.69) is 17.9 Å². The zero-order valence-electron chi connectivity index (χ0n) is 26.8. The van der Waals surface area contributed by atoms with Crippen LogP contribution in [0.4, 0.5) is 0 Å². The average molecular weight is 627 g/mol. The number of unbranched alkanes of at least 4 members (excludes halogenated alkanes) is 2. The van der Waals surface area contributed by atoms with Crippen molar-refractivity contribution in [2.24, 2.45) is 5.73 Å². The maximum absolute atomic E-state index is 11.7. The number of carbonyl (C=O) groups excluding carboxylic acids is 3. The molecule has 0 heterocycles. The van der Waals surface area contributed by atoms with Crippen molar-refractivity contribution in [1.29, 1.82) is 0 Å². The van der Waals surface area contributed by atoms with Gasteiger partial charge in [0, 0.05) is 41.6 Å². The van der Waals surface area contributed by atoms with E-state index in [-0.39, 0.29) is 28.3 Å². The van der Waals surface area contributed by atoms with E-state index in [0.717, 1.165) is 32.2 Å². The number of carboxylic acids is 2. The number of aromatic carboxylic acids is 2. The summed E-state index contributed by atoms with van der Waals surface area (Å²) in [6.07, 6.45) is 4.23. The van der Waals surface area contributed by atoms with Gasteiger partial charge in [-0.3, -0.25) is 9.59 Å². The zero-order valence-corrected chi connectivity index (χ0v) is 26.8. The molecule has 0 unspecified atom stereocenters. The van der Waals surface area contributed by atoms with Crippen LogP contribution in [0.15, 0.2) is 109 Å². The van der Waals surface area contributed by atoms with Crippen LogP contribution in [0.1, 0.15) is 105 Å². The van der Waals surface area contributed by atoms with E-state index in [1.807, 2.05) is 62.4 Å². The Bertz CT molecular complexity index is 1360. The highest BCUT2D eigenvalue weighted by molar-refractivity contribution is 6.06. The van der Waals surface area contributed by atoms with E-state index < -0.39 is 11.9 Å². The lowest BCUT2D eigenvalue weighted by molar-refractivity contribution is -0.386. The van der Waals surface area contributed by atoms with Crippen LogP contribution in [0, 0.1) is 0 Å². The van der Waals surface area contributed by atoms with Gasteiger partial charge in [0.1, 0.15) is 0 Å². The summed E-state index contributed by atoms with van der Waals surface area (Å²) < 4.78 is 0. The summed E-state index contributed by atoms with van der Waals surface area (Å²) in [6.45, 7) is 5.51. The molecule has 244 valence electrons. The quantitative estimate of drug-likeness (QED) is 0.168. The highest BCUT2D eigenvalue weighted by Crippen LogP contribution is 2.13. The van der Waals surface area contributed by atoms with Crippen LogP contribution in [0.2, 0.25) is 0 Å². The minimum absolute atomic E-state index is 0.0152. The second-order valence-electron chi connectivity index (χ2n) is 10.2. The second kappa shape index (κ2) is 23.5. The van der Waals surface area contributed by atoms with Crippen LogP contribution in [-0.4, -0.2) is 28.6 Å². The lowest BCUT2D eigenvalue weighted by Crippen LogP contribution is -2.47. The Balaban J connectivity index is 0.000000319. The molecule has 0 fully saturated rings. The van der Waals surface area contributed by atoms with Gasteiger partial charge in [0.05, 0.1) is 18.1 Å². The Kier molecular flexibility index (Phi) is 19.9. The normalized spacial score (nSPS) is 9.65. The number of quaternary nitrogens is 1. The van der Waals surface area contributed by atoms with Crippen LogP contribution >= 0.6 is 0 Å². The van der Waals surface area contributed by atoms with Gasteiger partial charge in [0.25, 0.3) is 0 Å². The minimum atomic E-state index is -1.30. The monoisotopic (exact) mass is 626 g/mol. The van der Waals surface area contributed by atoms with Gasteiger partial charge in [-0.2, -0.15) is 0 Å². The summed E-state index contributed by atoms with van der Waals surface area (Å²) in [5.74, 6) is -2.56. The third kappa shape index (κ3) is 15.2. The van der Waals surface area contributed by atoms with E-state index in [9.17, 15) is 24.3 Å². The highest BCUT2D eigenvalue weighted by atomic mass is 16.4. The topological polar surface area (TPSA) is 165 Å². The zero-order chi connectivity index (χ0) is 34.2. The summed E-state index contributed by atoms with van der Waals surface area (Å²) >= 11 is 0. The largest absolute Gasteiger partial charge is 0.545 e. The fraction of sp³-hybridized carbons (Fsp3) is 0.263. The number of rotatable bonds is 12. The van der Waals surface area contributed by atoms with Gasteiger partial charge in [-0.05, 0) is 24.5 Å². The molecule has 4 aromatic rings. The molecule has 8 nitrogen and oxygen atoms in total. The fourth-order valence-corrected chi connectivity index (χ4v) is 4.02. The van der Waals surface area contributed by atoms with Crippen molar-refractivity contribution in [3.05, 3.63) is 143 Å². The van der Waals surface area contributed by atoms with Crippen molar-refractivity contribution in [2.75, 3.05) is 0 Å². The predicted octanol–water partition coefficient (Wildman–Crippen LogP) is 5.75. The Labute approximate surface area is 272 Å². The number of hydrogen-bond acceptors (Lipinski definition) is 6. The molecule has 0 saturated heterocycles. The van der Waals surface area contributed by atoms with Crippen LogP contribution in [0.3, 0.4) is 0 Å². The molecule has 0 aliphatic rings. The van der Waals surface area contributed by atoms with E-state index >= 15 is 0 Å². The van der Waals surface area contributed by atoms with Gasteiger partial charge in [-0.1, -0.05) is 130 Å². The van der Waals surface area contributed by atoms with Crippen LogP contribution in [0.5, 0.6) is 0 Å². The smallest absolute Gasteiger partial charge is 0.336 e. The standard InChI is InChI=1S/2C12H14O3.2C7H9N/c2*1-2-3-8-11(13)9-6-4-5-7-10(9)12(14)15;2*8-6-7-4-2-1-3-5-7/h2*4-7H,2-3,8H2,1H3,(H,14,15);2*1-5H,6,8H2. The number of Topliss-reactive ketones (excluding diaryl/α,β-unsaturated/α-hetero) is 2. The summed E-state index contributed by atoms with van der Waals surface area (Å²) in [4.78, 5) is 44.9. The first kappa shape index (κ1) is 39.1. The average Bonchev–Trinajstić information content (AvgIpc) is 3.11. The molecule has 46 heavy (non-hydrogen) atoms. The maximum atomic E-state index is 11.7. The van der Waals surface area contributed by atoms with Gasteiger partial charge in [0.15, 0.2) is 11.6 Å². The van der Waals surface area contributed by atoms with Crippen molar-refractivity contribution < 1.29 is 35.1 Å². The molecule has 0 spiro atoms. The maximum Gasteiger partial charge on any atom is 0.336 e. The Hall–Kier alpha value is -4.92. The number of ketones is 2. The lowest BCUT2D eigenvalue weighted by atomic mass is 10.0. The Morgan fingerprint density at radius 1 is 0.609 bits per heavy atom. The third-order valence-corrected chi connectivity index (χ3v) is 6.63. The van der Waals surface area contributed by atoms with Crippen LogP contribution in [0.25, 0.3) is 0 Å². The molecule has 0 aromatic heterocycles. The van der Waals surface area contributed by atoms with E-state index in [1.54, 1.807) is 30.3 Å². The molecule has 0 radical (unpaired) electrons. The van der Waals surface area contributed by atoms with Crippen LogP contribution in [-0.2, 0) is 13.1 Å². The first-order valence-corrected chi connectivity index (χ1v) is 15.5. The molecular weight excluding hydrogens is 580 g/mol. The van der Waals surface area contributed by atoms with Gasteiger partial charge >= 0.3 is 5.97 Å². The van der Waals surface area contributed by atoms with Gasteiger partial charge < -0.3 is 26.5 Å². The molecule has 0 amide bonds. The Morgan fingerprint density at radius 2 is 0.978 bits per heavy atom. The summed E-state index contributed by atoms with van der Waals surface area (Å²) in [6, 6.07) is 32.7. The van der Waals surface area contributed by atoms with Crippen molar-refractivity contribution in [1.82, 2.24) is 0 Å². The van der Waals surface area contributed by atoms with Crippen molar-refractivity contribution in [3.63, 3.8) is 0 Å². The molecule has 0 aliphatic heterocycles. The molecule has 0 bridgehead atoms. The highest BCUT2D eigenvalue weighted by Gasteiger charge is 2.14. The molecule has 4 aromatic carbocycles. The van der Waals surface area contributed by atoms with Crippen molar-refractivity contribution >= 4 is 23.5 Å². The second-order valence-corrected chi connectivity index (χ2v) is 10.2. The van der Waals surface area contributed by atoms with E-state index in [0.29, 0.717) is 24.9 Å². The molecule has 0 saturated carbocycles. The van der Waals surface area contributed by atoms with Crippen molar-refractivity contribution in [3.8, 4) is 0 Å². The first-order chi connectivity index (χ1) is 22.2. The molecule has 8 heteroatoms. The Morgan fingerprint density at radius 3 is 1.30 bits per heavy atom. The summed E-state index contributed by atoms with van der Waals surface area (Å²) in [5.41, 5.74) is 12.2. The molecular formula is C38H46N2O6. The van der Waals surface area contributed by atoms with Crippen molar-refractivity contribution in [2.45, 2.75) is 65.5 Å². The molecule has 4 rings (SSSR count). The summed E-state index contributed by atoms with van der Waals surface area (Å²) in [7, 11) is 0. The summed E-state index contributed by atoms with van der Waals surface area (Å²) in [5, 5.41) is 19.6. The van der Waals surface area contributed by atoms with Gasteiger partial charge in [0.2, 0.25) is 0 Å². The molecule has 0 aliphatic carbocycles. The predicted molar refractivity (Wildman–Crippen MR) is 179 cm³/mol. The number of hydrogen-bond donors (Lipinski definition) is 3. The number of carbonyl (C=O) groups is 4. The number of nitrogens with two attached hydrogens (primary N) is 1. The van der Waals surface area contributed by atoms with Gasteiger partial charge in [-0.25, -0.2) is 4.79 Å². The first-order valence-electron chi connectivity index (χ1n) is 15.5. The fourth-order valence-electron chi connectivity index (χ4n) is 4.02. The van der Waals surface area contributed by atoms with E-state index in [1.165, 1.54) is 29.3 Å². The molecule has 6 N–H and O–H groups in total. The number of carboxylic acid groups (broad SMARTS) is 2. The van der Waals surface area contributed by atoms with Gasteiger partial charge in [-0.15, -0.1) is 0 Å². The number of benzene rings is 4. The third-order valence-electron chi connectivity index (χ3n) is 6.63. The SMILES string of the molecule is CCCCC(=O)c1ccccc1C(=O)O.CCCCC(=O)c1ccccc1C(=O)[O-].NCc1ccccc1.[NH3+]Cc1ccccc1. The lowest BCUT2D eigenvalue weighted by Gasteiger charge is -2.08. The molecule has 0 atom stereocenters. The van der Waals surface area contributed by atoms with Crippen LogP contribution < -0.4 is 16.6 Å². The minimum Gasteiger partial charge on any atom is -0.545 e. The van der Waals surface area contributed by atoms with E-state index in [4.69, 9.17) is 10.8 Å².